The molecule has 0 saturated carbocycles. The van der Waals surface area contributed by atoms with Gasteiger partial charge in [0.05, 0.1) is 19.7 Å². The summed E-state index contributed by atoms with van der Waals surface area (Å²) in [6, 6.07) is 10.2. The van der Waals surface area contributed by atoms with Gasteiger partial charge in [0.2, 0.25) is 5.91 Å². The molecule has 0 aliphatic carbocycles. The third kappa shape index (κ3) is 5.58. The van der Waals surface area contributed by atoms with Crippen molar-refractivity contribution in [2.24, 2.45) is 0 Å². The topological polar surface area (TPSA) is 96.8 Å². The maximum absolute atomic E-state index is 12.5. The van der Waals surface area contributed by atoms with Crippen LogP contribution in [0.1, 0.15) is 10.5 Å². The quantitative estimate of drug-likeness (QED) is 0.687. The molecular formula is C20H24ClN5O4. The van der Waals surface area contributed by atoms with Gasteiger partial charge in [0.25, 0.3) is 11.5 Å². The summed E-state index contributed by atoms with van der Waals surface area (Å²) in [5.74, 6) is -0.672. The molecule has 9 nitrogen and oxygen atoms in total. The Morgan fingerprint density at radius 2 is 1.93 bits per heavy atom. The van der Waals surface area contributed by atoms with Crippen LogP contribution >= 0.6 is 11.6 Å². The van der Waals surface area contributed by atoms with Gasteiger partial charge >= 0.3 is 0 Å². The standard InChI is InChI=1S/C20H24ClN5O4/c1-30-12-11-26-18(27)6-5-17(23-26)20(29)22-14-19(28)25-9-7-24(8-10-25)16-4-2-3-15(21)13-16/h2-6,13H,7-12,14H2,1H3,(H,22,29). The zero-order chi connectivity index (χ0) is 21.5. The van der Waals surface area contributed by atoms with Crippen molar-refractivity contribution in [1.29, 1.82) is 0 Å². The lowest BCUT2D eigenvalue weighted by Crippen LogP contribution is -2.51. The molecule has 0 spiro atoms. The summed E-state index contributed by atoms with van der Waals surface area (Å²) in [6.07, 6.45) is 0. The Bertz CT molecular complexity index is 956. The smallest absolute Gasteiger partial charge is 0.272 e. The molecule has 1 N–H and O–H groups in total. The molecule has 1 fully saturated rings. The van der Waals surface area contributed by atoms with Gasteiger partial charge in [-0.3, -0.25) is 14.4 Å². The highest BCUT2D eigenvalue weighted by molar-refractivity contribution is 6.30. The number of rotatable bonds is 7. The highest BCUT2D eigenvalue weighted by Gasteiger charge is 2.22. The van der Waals surface area contributed by atoms with Crippen LogP contribution in [0.25, 0.3) is 0 Å². The number of hydrogen-bond acceptors (Lipinski definition) is 6. The van der Waals surface area contributed by atoms with E-state index in [2.05, 4.69) is 15.3 Å². The molecule has 2 aromatic rings. The summed E-state index contributed by atoms with van der Waals surface area (Å²) >= 11 is 6.05. The molecule has 160 valence electrons. The van der Waals surface area contributed by atoms with Gasteiger partial charge in [0.15, 0.2) is 0 Å². The van der Waals surface area contributed by atoms with Crippen LogP contribution in [0.2, 0.25) is 5.02 Å². The minimum absolute atomic E-state index is 0.0734. The molecule has 0 unspecified atom stereocenters. The first kappa shape index (κ1) is 21.8. The number of nitrogens with zero attached hydrogens (tertiary/aromatic N) is 4. The van der Waals surface area contributed by atoms with Crippen molar-refractivity contribution in [3.8, 4) is 0 Å². The van der Waals surface area contributed by atoms with Crippen molar-refractivity contribution in [2.45, 2.75) is 6.54 Å². The molecule has 30 heavy (non-hydrogen) atoms. The molecule has 10 heteroatoms. The first-order valence-corrected chi connectivity index (χ1v) is 9.99. The van der Waals surface area contributed by atoms with E-state index in [-0.39, 0.29) is 30.2 Å². The Hall–Kier alpha value is -2.91. The summed E-state index contributed by atoms with van der Waals surface area (Å²) in [4.78, 5) is 40.4. The summed E-state index contributed by atoms with van der Waals surface area (Å²) in [5, 5.41) is 7.28. The molecule has 1 aromatic carbocycles. The van der Waals surface area contributed by atoms with Gasteiger partial charge in [-0.1, -0.05) is 17.7 Å². The van der Waals surface area contributed by atoms with Crippen LogP contribution in [0, 0.1) is 0 Å². The second-order valence-corrected chi connectivity index (χ2v) is 7.24. The van der Waals surface area contributed by atoms with Crippen molar-refractivity contribution in [3.05, 3.63) is 57.5 Å². The molecule has 3 rings (SSSR count). The van der Waals surface area contributed by atoms with Gasteiger partial charge in [0.1, 0.15) is 5.69 Å². The molecular weight excluding hydrogens is 410 g/mol. The average molecular weight is 434 g/mol. The van der Waals surface area contributed by atoms with Gasteiger partial charge in [-0.05, 0) is 24.3 Å². The zero-order valence-corrected chi connectivity index (χ0v) is 17.5. The number of carbonyl (C=O) groups is 2. The second-order valence-electron chi connectivity index (χ2n) is 6.80. The lowest BCUT2D eigenvalue weighted by atomic mass is 10.2. The zero-order valence-electron chi connectivity index (χ0n) is 16.7. The average Bonchev–Trinajstić information content (AvgIpc) is 2.76. The normalized spacial score (nSPS) is 13.9. The van der Waals surface area contributed by atoms with E-state index < -0.39 is 5.91 Å². The monoisotopic (exact) mass is 433 g/mol. The van der Waals surface area contributed by atoms with E-state index >= 15 is 0 Å². The Labute approximate surface area is 179 Å². The van der Waals surface area contributed by atoms with E-state index in [9.17, 15) is 14.4 Å². The molecule has 1 aliphatic heterocycles. The van der Waals surface area contributed by atoms with E-state index in [1.807, 2.05) is 24.3 Å². The Balaban J connectivity index is 1.50. The molecule has 0 atom stereocenters. The molecule has 2 amide bonds. The largest absolute Gasteiger partial charge is 0.383 e. The van der Waals surface area contributed by atoms with Crippen molar-refractivity contribution < 1.29 is 14.3 Å². The third-order valence-corrected chi connectivity index (χ3v) is 5.05. The van der Waals surface area contributed by atoms with Crippen molar-refractivity contribution in [1.82, 2.24) is 20.0 Å². The molecule has 0 bridgehead atoms. The number of anilines is 1. The first-order valence-electron chi connectivity index (χ1n) is 9.61. The minimum Gasteiger partial charge on any atom is -0.383 e. The lowest BCUT2D eigenvalue weighted by molar-refractivity contribution is -0.130. The Morgan fingerprint density at radius 3 is 2.63 bits per heavy atom. The van der Waals surface area contributed by atoms with Crippen LogP contribution in [0.4, 0.5) is 5.69 Å². The predicted molar refractivity (Wildman–Crippen MR) is 113 cm³/mol. The third-order valence-electron chi connectivity index (χ3n) is 4.81. The fourth-order valence-corrected chi connectivity index (χ4v) is 3.34. The van der Waals surface area contributed by atoms with Gasteiger partial charge in [-0.15, -0.1) is 0 Å². The fraction of sp³-hybridized carbons (Fsp3) is 0.400. The maximum Gasteiger partial charge on any atom is 0.272 e. The number of piperazine rings is 1. The summed E-state index contributed by atoms with van der Waals surface area (Å²) in [7, 11) is 1.52. The van der Waals surface area contributed by atoms with Crippen LogP contribution in [0.3, 0.4) is 0 Å². The molecule has 2 heterocycles. The van der Waals surface area contributed by atoms with Crippen LogP contribution in [0.5, 0.6) is 0 Å². The summed E-state index contributed by atoms with van der Waals surface area (Å²) in [6.45, 7) is 2.90. The summed E-state index contributed by atoms with van der Waals surface area (Å²) in [5.41, 5.74) is 0.777. The van der Waals surface area contributed by atoms with Gasteiger partial charge < -0.3 is 19.9 Å². The van der Waals surface area contributed by atoms with Crippen molar-refractivity contribution in [3.63, 3.8) is 0 Å². The van der Waals surface area contributed by atoms with Crippen LogP contribution < -0.4 is 15.8 Å². The number of carbonyl (C=O) groups excluding carboxylic acids is 2. The molecule has 1 aromatic heterocycles. The van der Waals surface area contributed by atoms with Gasteiger partial charge in [-0.2, -0.15) is 5.10 Å². The SMILES string of the molecule is COCCn1nc(C(=O)NCC(=O)N2CCN(c3cccc(Cl)c3)CC2)ccc1=O. The number of benzene rings is 1. The second kappa shape index (κ2) is 10.2. The number of nitrogens with one attached hydrogen (secondary N) is 1. The molecule has 1 saturated heterocycles. The van der Waals surface area contributed by atoms with Gasteiger partial charge in [-0.25, -0.2) is 4.68 Å². The molecule has 1 aliphatic rings. The van der Waals surface area contributed by atoms with Crippen LogP contribution in [-0.2, 0) is 16.1 Å². The van der Waals surface area contributed by atoms with Crippen molar-refractivity contribution in [2.75, 3.05) is 51.3 Å². The number of methoxy groups -OCH3 is 1. The highest BCUT2D eigenvalue weighted by atomic mass is 35.5. The minimum atomic E-state index is -0.507. The highest BCUT2D eigenvalue weighted by Crippen LogP contribution is 2.20. The van der Waals surface area contributed by atoms with Crippen LogP contribution in [-0.4, -0.2) is 72.9 Å². The summed E-state index contributed by atoms with van der Waals surface area (Å²) < 4.78 is 6.09. The Morgan fingerprint density at radius 1 is 1.17 bits per heavy atom. The number of halogens is 1. The van der Waals surface area contributed by atoms with E-state index in [4.69, 9.17) is 16.3 Å². The predicted octanol–water partition coefficient (Wildman–Crippen LogP) is 0.622. The first-order chi connectivity index (χ1) is 14.5. The number of ether oxygens (including phenoxy) is 1. The fourth-order valence-electron chi connectivity index (χ4n) is 3.15. The number of amides is 2. The maximum atomic E-state index is 12.5. The Kier molecular flexibility index (Phi) is 7.42. The van der Waals surface area contributed by atoms with E-state index in [0.717, 1.165) is 10.4 Å². The van der Waals surface area contributed by atoms with Crippen LogP contribution in [0.15, 0.2) is 41.2 Å². The van der Waals surface area contributed by atoms with E-state index in [0.29, 0.717) is 37.8 Å². The van der Waals surface area contributed by atoms with Gasteiger partial charge in [0, 0.05) is 50.1 Å². The number of aromatic nitrogens is 2. The molecule has 0 radical (unpaired) electrons. The lowest BCUT2D eigenvalue weighted by Gasteiger charge is -2.36. The van der Waals surface area contributed by atoms with E-state index in [1.165, 1.54) is 19.2 Å². The number of hydrogen-bond donors (Lipinski definition) is 1. The van der Waals surface area contributed by atoms with Crippen molar-refractivity contribution >= 4 is 29.1 Å². The van der Waals surface area contributed by atoms with E-state index in [1.54, 1.807) is 4.90 Å².